The van der Waals surface area contributed by atoms with E-state index in [0.29, 0.717) is 19.5 Å². The highest BCUT2D eigenvalue weighted by Crippen LogP contribution is 2.25. The zero-order chi connectivity index (χ0) is 16.4. The number of carbonyl (C=O) groups excluding carboxylic acids is 1. The van der Waals surface area contributed by atoms with Crippen molar-refractivity contribution in [1.29, 1.82) is 0 Å². The fourth-order valence-electron chi connectivity index (χ4n) is 2.85. The second-order valence-corrected chi connectivity index (χ2v) is 6.18. The predicted molar refractivity (Wildman–Crippen MR) is 93.5 cm³/mol. The van der Waals surface area contributed by atoms with Crippen molar-refractivity contribution in [3.05, 3.63) is 46.5 Å². The molecule has 1 aromatic carbocycles. The van der Waals surface area contributed by atoms with Gasteiger partial charge in [-0.15, -0.1) is 22.6 Å². The molecule has 8 heteroatoms. The van der Waals surface area contributed by atoms with Crippen molar-refractivity contribution in [3.63, 3.8) is 0 Å². The number of aryl methyl sites for hydroxylation is 1. The molecule has 0 aliphatic carbocycles. The number of halogens is 2. The van der Waals surface area contributed by atoms with Gasteiger partial charge in [-0.2, -0.15) is 0 Å². The molecule has 1 N–H and O–H groups in total. The molecule has 6 nitrogen and oxygen atoms in total. The van der Waals surface area contributed by atoms with Crippen LogP contribution in [0.15, 0.2) is 24.3 Å². The third-order valence-corrected chi connectivity index (χ3v) is 4.21. The zero-order valence-electron chi connectivity index (χ0n) is 13.5. The van der Waals surface area contributed by atoms with Gasteiger partial charge < -0.3 is 14.6 Å². The van der Waals surface area contributed by atoms with Crippen molar-refractivity contribution in [3.8, 4) is 0 Å². The monoisotopic (exact) mass is 370 g/mol. The van der Waals surface area contributed by atoms with Gasteiger partial charge in [0, 0.05) is 24.9 Å². The van der Waals surface area contributed by atoms with Gasteiger partial charge in [-0.1, -0.05) is 23.7 Å². The highest BCUT2D eigenvalue weighted by Gasteiger charge is 2.31. The average molecular weight is 371 g/mol. The van der Waals surface area contributed by atoms with E-state index in [2.05, 4.69) is 20.1 Å². The molecule has 0 radical (unpaired) electrons. The number of benzene rings is 1. The molecule has 1 fully saturated rings. The lowest BCUT2D eigenvalue weighted by Gasteiger charge is -2.14. The Kier molecular flexibility index (Phi) is 6.21. The highest BCUT2D eigenvalue weighted by molar-refractivity contribution is 6.30. The lowest BCUT2D eigenvalue weighted by molar-refractivity contribution is -0.145. The lowest BCUT2D eigenvalue weighted by Crippen LogP contribution is -2.20. The van der Waals surface area contributed by atoms with Crippen LogP contribution in [0, 0.1) is 6.92 Å². The molecule has 0 saturated carbocycles. The number of rotatable bonds is 4. The standard InChI is InChI=1S/C16H19ClN4O2.ClH/c1-10-19-20-16(15-7-14(8-18-15)23-11(2)22)21(10)9-12-3-5-13(17)6-4-12;/h3-6,14-15,18H,7-9H2,1-2H3;1H. The van der Waals surface area contributed by atoms with E-state index in [4.69, 9.17) is 16.3 Å². The van der Waals surface area contributed by atoms with E-state index in [1.165, 1.54) is 6.92 Å². The number of esters is 1. The lowest BCUT2D eigenvalue weighted by atomic mass is 10.1. The molecule has 1 aliphatic heterocycles. The van der Waals surface area contributed by atoms with Crippen LogP contribution in [-0.2, 0) is 16.1 Å². The van der Waals surface area contributed by atoms with E-state index < -0.39 is 0 Å². The Morgan fingerprint density at radius 2 is 2.08 bits per heavy atom. The maximum Gasteiger partial charge on any atom is 0.302 e. The normalized spacial score (nSPS) is 19.8. The molecule has 130 valence electrons. The van der Waals surface area contributed by atoms with Gasteiger partial charge in [-0.25, -0.2) is 0 Å². The molecule has 1 saturated heterocycles. The number of hydrogen-bond acceptors (Lipinski definition) is 5. The summed E-state index contributed by atoms with van der Waals surface area (Å²) in [5.74, 6) is 1.47. The minimum Gasteiger partial charge on any atom is -0.461 e. The zero-order valence-corrected chi connectivity index (χ0v) is 15.1. The second kappa shape index (κ2) is 7.96. The van der Waals surface area contributed by atoms with Crippen LogP contribution in [-0.4, -0.2) is 33.4 Å². The van der Waals surface area contributed by atoms with Crippen molar-refractivity contribution in [2.75, 3.05) is 6.54 Å². The van der Waals surface area contributed by atoms with Crippen molar-refractivity contribution in [1.82, 2.24) is 20.1 Å². The Balaban J connectivity index is 0.00000208. The molecule has 0 bridgehead atoms. The van der Waals surface area contributed by atoms with Crippen LogP contribution >= 0.6 is 24.0 Å². The summed E-state index contributed by atoms with van der Waals surface area (Å²) in [6, 6.07) is 7.78. The summed E-state index contributed by atoms with van der Waals surface area (Å²) in [6.07, 6.45) is 0.594. The third kappa shape index (κ3) is 4.26. The van der Waals surface area contributed by atoms with Crippen LogP contribution in [0.1, 0.15) is 36.6 Å². The van der Waals surface area contributed by atoms with Crippen LogP contribution in [0.5, 0.6) is 0 Å². The molecule has 2 aromatic rings. The van der Waals surface area contributed by atoms with E-state index in [1.807, 2.05) is 31.2 Å². The fourth-order valence-corrected chi connectivity index (χ4v) is 2.97. The summed E-state index contributed by atoms with van der Waals surface area (Å²) >= 11 is 5.93. The molecular formula is C16H20Cl2N4O2. The molecule has 2 unspecified atom stereocenters. The van der Waals surface area contributed by atoms with Crippen LogP contribution in [0.3, 0.4) is 0 Å². The molecule has 1 aromatic heterocycles. The first kappa shape index (κ1) is 18.7. The first-order valence-electron chi connectivity index (χ1n) is 7.57. The van der Waals surface area contributed by atoms with Gasteiger partial charge >= 0.3 is 5.97 Å². The maximum absolute atomic E-state index is 11.1. The SMILES string of the molecule is CC(=O)OC1CNC(c2nnc(C)n2Cc2ccc(Cl)cc2)C1.Cl. The highest BCUT2D eigenvalue weighted by atomic mass is 35.5. The van der Waals surface area contributed by atoms with Gasteiger partial charge in [0.15, 0.2) is 5.82 Å². The van der Waals surface area contributed by atoms with E-state index in [1.54, 1.807) is 0 Å². The van der Waals surface area contributed by atoms with Crippen LogP contribution in [0.2, 0.25) is 5.02 Å². The van der Waals surface area contributed by atoms with E-state index >= 15 is 0 Å². The Bertz CT molecular complexity index is 703. The second-order valence-electron chi connectivity index (χ2n) is 5.75. The summed E-state index contributed by atoms with van der Waals surface area (Å²) < 4.78 is 7.35. The largest absolute Gasteiger partial charge is 0.461 e. The van der Waals surface area contributed by atoms with Crippen LogP contribution in [0.4, 0.5) is 0 Å². The van der Waals surface area contributed by atoms with Crippen LogP contribution < -0.4 is 5.32 Å². The maximum atomic E-state index is 11.1. The van der Waals surface area contributed by atoms with Gasteiger partial charge in [0.25, 0.3) is 0 Å². The van der Waals surface area contributed by atoms with Gasteiger partial charge in [-0.3, -0.25) is 4.79 Å². The number of aromatic nitrogens is 3. The number of ether oxygens (including phenoxy) is 1. The predicted octanol–water partition coefficient (Wildman–Crippen LogP) is 2.68. The fraction of sp³-hybridized carbons (Fsp3) is 0.438. The molecular weight excluding hydrogens is 351 g/mol. The minimum absolute atomic E-state index is 0. The molecule has 1 aliphatic rings. The van der Waals surface area contributed by atoms with Crippen molar-refractivity contribution in [2.45, 2.75) is 39.0 Å². The van der Waals surface area contributed by atoms with Crippen molar-refractivity contribution < 1.29 is 9.53 Å². The number of carbonyl (C=O) groups is 1. The summed E-state index contributed by atoms with van der Waals surface area (Å²) in [5.41, 5.74) is 1.13. The first-order chi connectivity index (χ1) is 11.0. The van der Waals surface area contributed by atoms with E-state index in [0.717, 1.165) is 22.2 Å². The van der Waals surface area contributed by atoms with Crippen molar-refractivity contribution >= 4 is 30.0 Å². The van der Waals surface area contributed by atoms with Gasteiger partial charge in [-0.05, 0) is 24.6 Å². The Labute approximate surface area is 152 Å². The summed E-state index contributed by atoms with van der Waals surface area (Å²) in [7, 11) is 0. The topological polar surface area (TPSA) is 69.0 Å². The van der Waals surface area contributed by atoms with Gasteiger partial charge in [0.2, 0.25) is 0 Å². The molecule has 0 amide bonds. The number of nitrogens with one attached hydrogen (secondary N) is 1. The molecule has 24 heavy (non-hydrogen) atoms. The third-order valence-electron chi connectivity index (χ3n) is 3.95. The Morgan fingerprint density at radius 1 is 1.38 bits per heavy atom. The summed E-state index contributed by atoms with van der Waals surface area (Å²) in [5, 5.41) is 12.6. The Morgan fingerprint density at radius 3 is 2.75 bits per heavy atom. The van der Waals surface area contributed by atoms with Gasteiger partial charge in [0.05, 0.1) is 12.6 Å². The smallest absolute Gasteiger partial charge is 0.302 e. The average Bonchev–Trinajstić information content (AvgIpc) is 3.09. The summed E-state index contributed by atoms with van der Waals surface area (Å²) in [6.45, 7) is 4.68. The van der Waals surface area contributed by atoms with E-state index in [-0.39, 0.29) is 30.5 Å². The first-order valence-corrected chi connectivity index (χ1v) is 7.95. The molecule has 3 rings (SSSR count). The Hall–Kier alpha value is -1.63. The minimum atomic E-state index is -0.253. The van der Waals surface area contributed by atoms with E-state index in [9.17, 15) is 4.79 Å². The molecule has 2 atom stereocenters. The number of hydrogen-bond donors (Lipinski definition) is 1. The molecule has 2 heterocycles. The summed E-state index contributed by atoms with van der Waals surface area (Å²) in [4.78, 5) is 11.1. The van der Waals surface area contributed by atoms with Crippen molar-refractivity contribution in [2.24, 2.45) is 0 Å². The molecule has 0 spiro atoms. The quantitative estimate of drug-likeness (QED) is 0.837. The van der Waals surface area contributed by atoms with Gasteiger partial charge in [0.1, 0.15) is 11.9 Å². The van der Waals surface area contributed by atoms with Crippen LogP contribution in [0.25, 0.3) is 0 Å². The number of nitrogens with zero attached hydrogens (tertiary/aromatic N) is 3.